The van der Waals surface area contributed by atoms with Crippen LogP contribution < -0.4 is 0 Å². The summed E-state index contributed by atoms with van der Waals surface area (Å²) in [5.74, 6) is -0.972. The van der Waals surface area contributed by atoms with Crippen LogP contribution in [0.25, 0.3) is 0 Å². The third kappa shape index (κ3) is 47.0. The molecule has 0 aliphatic heterocycles. The summed E-state index contributed by atoms with van der Waals surface area (Å²) in [7, 11) is 0. The first kappa shape index (κ1) is 57.1. The highest BCUT2D eigenvalue weighted by molar-refractivity contribution is 5.71. The number of esters is 3. The molecule has 0 saturated heterocycles. The zero-order valence-electron chi connectivity index (χ0n) is 39.1. The van der Waals surface area contributed by atoms with Crippen LogP contribution in [-0.4, -0.2) is 37.2 Å². The number of carbonyl (C=O) groups is 3. The van der Waals surface area contributed by atoms with Gasteiger partial charge in [0.05, 0.1) is 0 Å². The Bertz CT molecular complexity index is 1290. The molecule has 0 rings (SSSR count). The predicted octanol–water partition coefficient (Wildman–Crippen LogP) is 16.0. The van der Waals surface area contributed by atoms with Gasteiger partial charge in [0.2, 0.25) is 0 Å². The fraction of sp³-hybridized carbons (Fsp3) is 0.618. The summed E-state index contributed by atoms with van der Waals surface area (Å²) in [4.78, 5) is 37.7. The van der Waals surface area contributed by atoms with Crippen LogP contribution >= 0.6 is 0 Å². The first-order valence-corrected chi connectivity index (χ1v) is 24.4. The summed E-state index contributed by atoms with van der Waals surface area (Å²) in [5.41, 5.74) is 0. The molecular weight excluding hydrogens is 757 g/mol. The van der Waals surface area contributed by atoms with E-state index in [4.69, 9.17) is 14.2 Å². The Labute approximate surface area is 374 Å². The Kier molecular flexibility index (Phi) is 45.6. The van der Waals surface area contributed by atoms with Crippen molar-refractivity contribution < 1.29 is 28.6 Å². The zero-order chi connectivity index (χ0) is 44.4. The third-order valence-corrected chi connectivity index (χ3v) is 9.77. The van der Waals surface area contributed by atoms with E-state index in [9.17, 15) is 14.4 Å². The molecule has 0 saturated carbocycles. The van der Waals surface area contributed by atoms with Gasteiger partial charge in [0, 0.05) is 19.3 Å². The average Bonchev–Trinajstić information content (AvgIpc) is 3.26. The maximum Gasteiger partial charge on any atom is 0.306 e. The molecule has 0 bridgehead atoms. The maximum atomic E-state index is 12.7. The second kappa shape index (κ2) is 48.7. The smallest absolute Gasteiger partial charge is 0.306 e. The minimum atomic E-state index is -0.802. The normalized spacial score (nSPS) is 13.0. The Balaban J connectivity index is 4.35. The summed E-state index contributed by atoms with van der Waals surface area (Å²) in [6.45, 7) is 6.29. The van der Waals surface area contributed by atoms with Crippen molar-refractivity contribution in [3.05, 3.63) is 109 Å². The van der Waals surface area contributed by atoms with Gasteiger partial charge in [-0.3, -0.25) is 14.4 Å². The van der Waals surface area contributed by atoms with Crippen molar-refractivity contribution in [3.8, 4) is 0 Å². The summed E-state index contributed by atoms with van der Waals surface area (Å²) >= 11 is 0. The fourth-order valence-corrected chi connectivity index (χ4v) is 6.16. The van der Waals surface area contributed by atoms with Gasteiger partial charge in [0.1, 0.15) is 13.2 Å². The number of hydrogen-bond donors (Lipinski definition) is 0. The molecule has 0 aliphatic rings. The van der Waals surface area contributed by atoms with Crippen LogP contribution in [0.15, 0.2) is 109 Å². The lowest BCUT2D eigenvalue weighted by molar-refractivity contribution is -0.167. The first-order chi connectivity index (χ1) is 30.0. The lowest BCUT2D eigenvalue weighted by Crippen LogP contribution is -2.30. The van der Waals surface area contributed by atoms with Crippen LogP contribution in [0.3, 0.4) is 0 Å². The standard InChI is InChI=1S/C55H88O6/c1-4-7-10-13-16-18-20-22-23-24-25-26-27-28-29-30-31-33-34-36-39-42-45-48-54(57)60-51-52(50-59-53(56)47-44-41-38-15-12-9-6-3)61-55(58)49-46-43-40-37-35-32-21-19-17-14-11-8-5-2/h7-8,10-11,16-19,22-23,25-26,28-29,31-33,35,52H,4-6,9,12-15,20-21,24,27,30,34,36-51H2,1-3H3/b10-7-,11-8-,18-16-,19-17-,23-22-,26-25-,29-28-,33-31-,35-32-. The Morgan fingerprint density at radius 1 is 0.344 bits per heavy atom. The number of carbonyl (C=O) groups excluding carboxylic acids is 3. The molecule has 1 atom stereocenters. The molecule has 0 N–H and O–H groups in total. The maximum absolute atomic E-state index is 12.7. The van der Waals surface area contributed by atoms with Crippen LogP contribution in [-0.2, 0) is 28.6 Å². The van der Waals surface area contributed by atoms with E-state index in [1.165, 1.54) is 25.7 Å². The molecule has 61 heavy (non-hydrogen) atoms. The highest BCUT2D eigenvalue weighted by Gasteiger charge is 2.19. The molecular formula is C55H88O6. The molecule has 0 aromatic heterocycles. The molecule has 0 spiro atoms. The molecule has 0 aromatic carbocycles. The van der Waals surface area contributed by atoms with Crippen LogP contribution in [0.1, 0.15) is 201 Å². The lowest BCUT2D eigenvalue weighted by atomic mass is 10.1. The lowest BCUT2D eigenvalue weighted by Gasteiger charge is -2.18. The molecule has 1 unspecified atom stereocenters. The summed E-state index contributed by atoms with van der Waals surface area (Å²) in [6, 6.07) is 0. The number of ether oxygens (including phenoxy) is 3. The Hall–Kier alpha value is -3.93. The van der Waals surface area contributed by atoms with Crippen molar-refractivity contribution in [3.63, 3.8) is 0 Å². The summed E-state index contributed by atoms with van der Waals surface area (Å²) < 4.78 is 16.6. The van der Waals surface area contributed by atoms with Gasteiger partial charge in [-0.05, 0) is 103 Å². The summed E-state index contributed by atoms with van der Waals surface area (Å²) in [6.07, 6.45) is 65.2. The second-order valence-electron chi connectivity index (χ2n) is 15.6. The topological polar surface area (TPSA) is 78.9 Å². The first-order valence-electron chi connectivity index (χ1n) is 24.4. The average molecular weight is 845 g/mol. The van der Waals surface area contributed by atoms with E-state index in [1.807, 2.05) is 0 Å². The fourth-order valence-electron chi connectivity index (χ4n) is 6.16. The van der Waals surface area contributed by atoms with Gasteiger partial charge in [-0.25, -0.2) is 0 Å². The van der Waals surface area contributed by atoms with Gasteiger partial charge in [-0.2, -0.15) is 0 Å². The van der Waals surface area contributed by atoms with Gasteiger partial charge >= 0.3 is 17.9 Å². The number of rotatable bonds is 42. The quantitative estimate of drug-likeness (QED) is 0.0264. The minimum Gasteiger partial charge on any atom is -0.462 e. The van der Waals surface area contributed by atoms with E-state index in [0.29, 0.717) is 12.8 Å². The van der Waals surface area contributed by atoms with E-state index in [1.54, 1.807) is 0 Å². The van der Waals surface area contributed by atoms with Crippen molar-refractivity contribution in [1.29, 1.82) is 0 Å². The molecule has 6 nitrogen and oxygen atoms in total. The molecule has 6 heteroatoms. The van der Waals surface area contributed by atoms with Gasteiger partial charge in [0.25, 0.3) is 0 Å². The molecule has 0 fully saturated rings. The highest BCUT2D eigenvalue weighted by Crippen LogP contribution is 2.12. The van der Waals surface area contributed by atoms with Crippen molar-refractivity contribution in [2.24, 2.45) is 0 Å². The van der Waals surface area contributed by atoms with Gasteiger partial charge in [-0.1, -0.05) is 188 Å². The number of allylic oxidation sites excluding steroid dienone is 18. The van der Waals surface area contributed by atoms with Crippen molar-refractivity contribution in [2.45, 2.75) is 207 Å². The minimum absolute atomic E-state index is 0.100. The number of hydrogen-bond acceptors (Lipinski definition) is 6. The molecule has 0 heterocycles. The zero-order valence-corrected chi connectivity index (χ0v) is 39.1. The highest BCUT2D eigenvalue weighted by atomic mass is 16.6. The van der Waals surface area contributed by atoms with Crippen LogP contribution in [0, 0.1) is 0 Å². The SMILES string of the molecule is CC/C=C\C/C=C\C/C=C\C/C=C\C/C=C\C/C=C\CCCCCCC(=O)OCC(COC(=O)CCCCCCCCC)OC(=O)CCCCC/C=C\C/C=C\C/C=C\CC. The van der Waals surface area contributed by atoms with Crippen LogP contribution in [0.2, 0.25) is 0 Å². The molecule has 344 valence electrons. The number of unbranched alkanes of at least 4 members (excludes halogenated alkanes) is 13. The van der Waals surface area contributed by atoms with Crippen LogP contribution in [0.4, 0.5) is 0 Å². The van der Waals surface area contributed by atoms with Crippen LogP contribution in [0.5, 0.6) is 0 Å². The predicted molar refractivity (Wildman–Crippen MR) is 260 cm³/mol. The Morgan fingerprint density at radius 2 is 0.639 bits per heavy atom. The molecule has 0 aromatic rings. The van der Waals surface area contributed by atoms with E-state index in [2.05, 4.69) is 130 Å². The van der Waals surface area contributed by atoms with Gasteiger partial charge in [0.15, 0.2) is 6.10 Å². The van der Waals surface area contributed by atoms with Gasteiger partial charge in [-0.15, -0.1) is 0 Å². The van der Waals surface area contributed by atoms with E-state index < -0.39 is 6.10 Å². The molecule has 0 radical (unpaired) electrons. The van der Waals surface area contributed by atoms with E-state index in [0.717, 1.165) is 135 Å². The van der Waals surface area contributed by atoms with E-state index >= 15 is 0 Å². The third-order valence-electron chi connectivity index (χ3n) is 9.77. The molecule has 0 aliphatic carbocycles. The van der Waals surface area contributed by atoms with E-state index in [-0.39, 0.29) is 37.5 Å². The Morgan fingerprint density at radius 3 is 1.02 bits per heavy atom. The summed E-state index contributed by atoms with van der Waals surface area (Å²) in [5, 5.41) is 0. The van der Waals surface area contributed by atoms with Crippen molar-refractivity contribution in [2.75, 3.05) is 13.2 Å². The molecule has 0 amide bonds. The van der Waals surface area contributed by atoms with Crippen molar-refractivity contribution in [1.82, 2.24) is 0 Å². The monoisotopic (exact) mass is 845 g/mol. The van der Waals surface area contributed by atoms with Crippen molar-refractivity contribution >= 4 is 17.9 Å². The largest absolute Gasteiger partial charge is 0.462 e. The van der Waals surface area contributed by atoms with Gasteiger partial charge < -0.3 is 14.2 Å². The second-order valence-corrected chi connectivity index (χ2v) is 15.6.